The molecule has 0 atom stereocenters. The van der Waals surface area contributed by atoms with Crippen LogP contribution in [0.2, 0.25) is 5.28 Å². The lowest BCUT2D eigenvalue weighted by atomic mass is 10.4. The van der Waals surface area contributed by atoms with Gasteiger partial charge in [0.2, 0.25) is 5.28 Å². The first-order chi connectivity index (χ1) is 6.66. The van der Waals surface area contributed by atoms with Gasteiger partial charge < -0.3 is 5.43 Å². The molecule has 0 saturated heterocycles. The molecule has 0 unspecified atom stereocenters. The average Bonchev–Trinajstić information content (AvgIpc) is 2.47. The minimum absolute atomic E-state index is 0.227. The van der Waals surface area contributed by atoms with Crippen LogP contribution in [0.15, 0.2) is 12.5 Å². The molecule has 0 spiro atoms. The molecule has 2 aromatic rings. The molecule has 0 aromatic carbocycles. The van der Waals surface area contributed by atoms with E-state index in [9.17, 15) is 0 Å². The Morgan fingerprint density at radius 2 is 2.21 bits per heavy atom. The molecule has 2 aromatic heterocycles. The standard InChI is InChI=1S/C8H10ClN5/c1-5(2)13-14-4-11-6-3-10-8(9)12-7(6)14/h3-5,13H,1-2H3. The Balaban J connectivity index is 2.50. The zero-order valence-corrected chi connectivity index (χ0v) is 8.65. The van der Waals surface area contributed by atoms with Gasteiger partial charge in [-0.2, -0.15) is 4.98 Å². The van der Waals surface area contributed by atoms with Crippen molar-refractivity contribution in [3.8, 4) is 0 Å². The summed E-state index contributed by atoms with van der Waals surface area (Å²) in [5.41, 5.74) is 4.58. The summed E-state index contributed by atoms with van der Waals surface area (Å²) in [6, 6.07) is 0.307. The van der Waals surface area contributed by atoms with Crippen molar-refractivity contribution in [2.75, 3.05) is 5.43 Å². The number of nitrogens with one attached hydrogen (secondary N) is 1. The summed E-state index contributed by atoms with van der Waals surface area (Å²) in [6.07, 6.45) is 3.26. The lowest BCUT2D eigenvalue weighted by molar-refractivity contribution is 0.745. The average molecular weight is 212 g/mol. The summed E-state index contributed by atoms with van der Waals surface area (Å²) >= 11 is 5.69. The molecule has 0 amide bonds. The smallest absolute Gasteiger partial charge is 0.224 e. The van der Waals surface area contributed by atoms with E-state index in [-0.39, 0.29) is 5.28 Å². The fourth-order valence-electron chi connectivity index (χ4n) is 1.16. The number of rotatable bonds is 2. The zero-order valence-electron chi connectivity index (χ0n) is 7.90. The first kappa shape index (κ1) is 9.21. The van der Waals surface area contributed by atoms with Crippen molar-refractivity contribution in [3.63, 3.8) is 0 Å². The van der Waals surface area contributed by atoms with Gasteiger partial charge in [0.25, 0.3) is 0 Å². The van der Waals surface area contributed by atoms with E-state index in [1.165, 1.54) is 0 Å². The summed E-state index contributed by atoms with van der Waals surface area (Å²) in [7, 11) is 0. The SMILES string of the molecule is CC(C)Nn1cnc2cnc(Cl)nc21. The van der Waals surface area contributed by atoms with Crippen LogP contribution in [0.5, 0.6) is 0 Å². The second-order valence-corrected chi connectivity index (χ2v) is 3.58. The molecule has 0 fully saturated rings. The highest BCUT2D eigenvalue weighted by molar-refractivity contribution is 6.28. The monoisotopic (exact) mass is 211 g/mol. The highest BCUT2D eigenvalue weighted by Gasteiger charge is 2.05. The lowest BCUT2D eigenvalue weighted by Gasteiger charge is -2.10. The second-order valence-electron chi connectivity index (χ2n) is 3.25. The molecule has 74 valence electrons. The Kier molecular flexibility index (Phi) is 2.25. The van der Waals surface area contributed by atoms with Crippen molar-refractivity contribution in [1.82, 2.24) is 19.6 Å². The topological polar surface area (TPSA) is 55.6 Å². The van der Waals surface area contributed by atoms with Crippen molar-refractivity contribution in [2.45, 2.75) is 19.9 Å². The van der Waals surface area contributed by atoms with E-state index in [1.54, 1.807) is 17.2 Å². The Bertz CT molecular complexity index is 450. The summed E-state index contributed by atoms with van der Waals surface area (Å²) in [4.78, 5) is 12.1. The van der Waals surface area contributed by atoms with Crippen LogP contribution in [-0.2, 0) is 0 Å². The van der Waals surface area contributed by atoms with Gasteiger partial charge in [-0.25, -0.2) is 14.6 Å². The fraction of sp³-hybridized carbons (Fsp3) is 0.375. The van der Waals surface area contributed by atoms with Gasteiger partial charge in [0.05, 0.1) is 6.20 Å². The van der Waals surface area contributed by atoms with E-state index in [0.717, 1.165) is 5.52 Å². The van der Waals surface area contributed by atoms with Gasteiger partial charge in [-0.15, -0.1) is 0 Å². The van der Waals surface area contributed by atoms with E-state index in [4.69, 9.17) is 11.6 Å². The van der Waals surface area contributed by atoms with Gasteiger partial charge in [0.1, 0.15) is 11.8 Å². The molecule has 1 N–H and O–H groups in total. The van der Waals surface area contributed by atoms with Gasteiger partial charge in [0.15, 0.2) is 5.65 Å². The summed E-state index contributed by atoms with van der Waals surface area (Å²) in [6.45, 7) is 4.07. The third kappa shape index (κ3) is 1.63. The minimum Gasteiger partial charge on any atom is -0.321 e. The van der Waals surface area contributed by atoms with Gasteiger partial charge in [-0.1, -0.05) is 0 Å². The highest BCUT2D eigenvalue weighted by atomic mass is 35.5. The Morgan fingerprint density at radius 3 is 2.93 bits per heavy atom. The molecular formula is C8H10ClN5. The van der Waals surface area contributed by atoms with Crippen molar-refractivity contribution in [3.05, 3.63) is 17.8 Å². The normalized spacial score (nSPS) is 11.1. The molecule has 0 aliphatic rings. The molecule has 0 aliphatic carbocycles. The van der Waals surface area contributed by atoms with Crippen molar-refractivity contribution < 1.29 is 0 Å². The predicted molar refractivity (Wildman–Crippen MR) is 54.8 cm³/mol. The molecule has 5 nitrogen and oxygen atoms in total. The molecule has 6 heteroatoms. The Hall–Kier alpha value is -1.36. The number of aromatic nitrogens is 4. The van der Waals surface area contributed by atoms with Gasteiger partial charge in [0, 0.05) is 6.04 Å². The summed E-state index contributed by atoms with van der Waals surface area (Å²) in [5.74, 6) is 0. The molecule has 2 heterocycles. The maximum Gasteiger partial charge on any atom is 0.224 e. The third-order valence-electron chi connectivity index (χ3n) is 1.66. The molecule has 0 aliphatic heterocycles. The van der Waals surface area contributed by atoms with Crippen molar-refractivity contribution in [2.24, 2.45) is 0 Å². The fourth-order valence-corrected chi connectivity index (χ4v) is 1.29. The quantitative estimate of drug-likeness (QED) is 0.764. The van der Waals surface area contributed by atoms with Gasteiger partial charge in [-0.3, -0.25) is 0 Å². The predicted octanol–water partition coefficient (Wildman–Crippen LogP) is 1.43. The molecular weight excluding hydrogens is 202 g/mol. The molecule has 14 heavy (non-hydrogen) atoms. The van der Waals surface area contributed by atoms with Crippen LogP contribution in [0.4, 0.5) is 0 Å². The highest BCUT2D eigenvalue weighted by Crippen LogP contribution is 2.10. The third-order valence-corrected chi connectivity index (χ3v) is 1.84. The van der Waals surface area contributed by atoms with Crippen LogP contribution < -0.4 is 5.43 Å². The van der Waals surface area contributed by atoms with Crippen molar-refractivity contribution in [1.29, 1.82) is 0 Å². The number of fused-ring (bicyclic) bond motifs is 1. The van der Waals surface area contributed by atoms with E-state index < -0.39 is 0 Å². The first-order valence-corrected chi connectivity index (χ1v) is 4.67. The Labute approximate surface area is 86.1 Å². The molecule has 0 saturated carbocycles. The van der Waals surface area contributed by atoms with E-state index in [2.05, 4.69) is 20.4 Å². The van der Waals surface area contributed by atoms with Crippen LogP contribution in [0.3, 0.4) is 0 Å². The Morgan fingerprint density at radius 1 is 1.43 bits per heavy atom. The molecule has 0 bridgehead atoms. The maximum absolute atomic E-state index is 5.69. The summed E-state index contributed by atoms with van der Waals surface area (Å²) < 4.78 is 1.74. The zero-order chi connectivity index (χ0) is 10.1. The minimum atomic E-state index is 0.227. The van der Waals surface area contributed by atoms with Crippen LogP contribution in [0.1, 0.15) is 13.8 Å². The second kappa shape index (κ2) is 3.42. The number of hydrogen-bond donors (Lipinski definition) is 1. The van der Waals surface area contributed by atoms with Crippen LogP contribution in [0.25, 0.3) is 11.2 Å². The van der Waals surface area contributed by atoms with Crippen LogP contribution >= 0.6 is 11.6 Å². The maximum atomic E-state index is 5.69. The van der Waals surface area contributed by atoms with Crippen LogP contribution in [-0.4, -0.2) is 25.7 Å². The number of hydrogen-bond acceptors (Lipinski definition) is 4. The van der Waals surface area contributed by atoms with E-state index >= 15 is 0 Å². The van der Waals surface area contributed by atoms with E-state index in [0.29, 0.717) is 11.7 Å². The van der Waals surface area contributed by atoms with Gasteiger partial charge in [-0.05, 0) is 25.4 Å². The lowest BCUT2D eigenvalue weighted by Crippen LogP contribution is -2.21. The first-order valence-electron chi connectivity index (χ1n) is 4.29. The molecule has 0 radical (unpaired) electrons. The number of halogens is 1. The van der Waals surface area contributed by atoms with Crippen molar-refractivity contribution >= 4 is 22.8 Å². The largest absolute Gasteiger partial charge is 0.321 e. The number of nitrogens with zero attached hydrogens (tertiary/aromatic N) is 4. The van der Waals surface area contributed by atoms with E-state index in [1.807, 2.05) is 13.8 Å². The van der Waals surface area contributed by atoms with Crippen LogP contribution in [0, 0.1) is 0 Å². The molecule has 2 rings (SSSR count). The van der Waals surface area contributed by atoms with Gasteiger partial charge >= 0.3 is 0 Å². The summed E-state index contributed by atoms with van der Waals surface area (Å²) in [5, 5.41) is 0.227. The number of imidazole rings is 1.